The molecule has 0 fully saturated rings. The maximum Gasteiger partial charge on any atom is 0.271 e. The molecular formula is C28H21N5O4. The smallest absolute Gasteiger partial charge is 0.271 e. The van der Waals surface area contributed by atoms with Crippen LogP contribution in [0.5, 0.6) is 0 Å². The number of anilines is 2. The third-order valence-electron chi connectivity index (χ3n) is 7.39. The summed E-state index contributed by atoms with van der Waals surface area (Å²) in [7, 11) is 1.65. The molecule has 37 heavy (non-hydrogen) atoms. The molecule has 1 atom stereocenters. The summed E-state index contributed by atoms with van der Waals surface area (Å²) in [6.07, 6.45) is 4.80. The van der Waals surface area contributed by atoms with E-state index in [2.05, 4.69) is 6.07 Å². The van der Waals surface area contributed by atoms with Crippen molar-refractivity contribution < 1.29 is 14.5 Å². The molecule has 3 heterocycles. The maximum atomic E-state index is 14.2. The zero-order chi connectivity index (χ0) is 25.9. The lowest BCUT2D eigenvalue weighted by Crippen LogP contribution is -2.51. The number of aromatic nitrogens is 1. The van der Waals surface area contributed by atoms with Crippen molar-refractivity contribution in [1.29, 1.82) is 5.26 Å². The summed E-state index contributed by atoms with van der Waals surface area (Å²) in [4.78, 5) is 42.4. The van der Waals surface area contributed by atoms with Gasteiger partial charge in [0, 0.05) is 60.5 Å². The average Bonchev–Trinajstić information content (AvgIpc) is 3.52. The molecule has 1 aromatic heterocycles. The third-order valence-corrected chi connectivity index (χ3v) is 7.39. The molecule has 0 saturated carbocycles. The Morgan fingerprint density at radius 2 is 1.78 bits per heavy atom. The largest absolute Gasteiger partial charge is 0.314 e. The van der Waals surface area contributed by atoms with Gasteiger partial charge in [0.1, 0.15) is 17.3 Å². The molecule has 1 aliphatic carbocycles. The summed E-state index contributed by atoms with van der Waals surface area (Å²) in [5, 5.41) is 22.4. The van der Waals surface area contributed by atoms with E-state index >= 15 is 0 Å². The summed E-state index contributed by atoms with van der Waals surface area (Å²) in [6.45, 7) is 0. The maximum absolute atomic E-state index is 14.2. The third kappa shape index (κ3) is 2.90. The highest BCUT2D eigenvalue weighted by molar-refractivity contribution is 6.21. The van der Waals surface area contributed by atoms with Gasteiger partial charge in [0.15, 0.2) is 5.78 Å². The minimum absolute atomic E-state index is 0.103. The zero-order valence-corrected chi connectivity index (χ0v) is 19.9. The van der Waals surface area contributed by atoms with E-state index < -0.39 is 10.3 Å². The van der Waals surface area contributed by atoms with E-state index in [4.69, 9.17) is 0 Å². The van der Waals surface area contributed by atoms with Gasteiger partial charge in [-0.3, -0.25) is 24.6 Å². The Labute approximate surface area is 212 Å². The van der Waals surface area contributed by atoms with Crippen LogP contribution < -0.4 is 9.80 Å². The van der Waals surface area contributed by atoms with Crippen molar-refractivity contribution in [2.75, 3.05) is 16.8 Å². The number of allylic oxidation sites excluding steroid dienone is 1. The number of para-hydroxylation sites is 1. The number of amides is 1. The van der Waals surface area contributed by atoms with Gasteiger partial charge in [0.25, 0.3) is 5.69 Å². The molecule has 1 spiro atoms. The summed E-state index contributed by atoms with van der Waals surface area (Å²) in [5.41, 5.74) is 0.906. The lowest BCUT2D eigenvalue weighted by Gasteiger charge is -2.45. The molecule has 0 N–H and O–H groups in total. The fourth-order valence-corrected chi connectivity index (χ4v) is 5.93. The van der Waals surface area contributed by atoms with Crippen LogP contribution in [-0.2, 0) is 15.0 Å². The van der Waals surface area contributed by atoms with Crippen molar-refractivity contribution in [3.8, 4) is 6.07 Å². The number of ketones is 1. The number of rotatable bonds is 3. The van der Waals surface area contributed by atoms with Gasteiger partial charge in [-0.1, -0.05) is 24.3 Å². The number of fused-ring (bicyclic) bond motifs is 3. The quantitative estimate of drug-likeness (QED) is 0.393. The van der Waals surface area contributed by atoms with Gasteiger partial charge in [-0.05, 0) is 37.1 Å². The summed E-state index contributed by atoms with van der Waals surface area (Å²) < 4.78 is 1.73. The van der Waals surface area contributed by atoms with E-state index in [0.717, 1.165) is 0 Å². The molecule has 0 saturated heterocycles. The molecule has 6 rings (SSSR count). The van der Waals surface area contributed by atoms with E-state index in [0.29, 0.717) is 41.3 Å². The number of nitriles is 1. The summed E-state index contributed by atoms with van der Waals surface area (Å²) in [6, 6.07) is 19.3. The highest BCUT2D eigenvalue weighted by Gasteiger charge is 2.62. The van der Waals surface area contributed by atoms with Crippen LogP contribution >= 0.6 is 0 Å². The van der Waals surface area contributed by atoms with Gasteiger partial charge >= 0.3 is 0 Å². The van der Waals surface area contributed by atoms with Gasteiger partial charge < -0.3 is 9.47 Å². The zero-order valence-electron chi connectivity index (χ0n) is 19.9. The van der Waals surface area contributed by atoms with E-state index in [1.807, 2.05) is 12.1 Å². The molecule has 3 aromatic rings. The Balaban J connectivity index is 1.78. The highest BCUT2D eigenvalue weighted by atomic mass is 16.6. The second-order valence-corrected chi connectivity index (χ2v) is 9.24. The van der Waals surface area contributed by atoms with Crippen LogP contribution in [0.2, 0.25) is 0 Å². The summed E-state index contributed by atoms with van der Waals surface area (Å²) >= 11 is 0. The number of carbonyl (C=O) groups is 2. The molecule has 0 unspecified atom stereocenters. The fraction of sp³-hybridized carbons (Fsp3) is 0.179. The number of non-ortho nitro benzene ring substituents is 1. The van der Waals surface area contributed by atoms with E-state index in [-0.39, 0.29) is 34.9 Å². The lowest BCUT2D eigenvalue weighted by molar-refractivity contribution is -0.384. The Kier molecular flexibility index (Phi) is 4.88. The first-order valence-electron chi connectivity index (χ1n) is 11.9. The Hall–Kier alpha value is -4.97. The molecular weight excluding hydrogens is 470 g/mol. The van der Waals surface area contributed by atoms with E-state index in [1.165, 1.54) is 17.0 Å². The second-order valence-electron chi connectivity index (χ2n) is 9.24. The first kappa shape index (κ1) is 22.5. The van der Waals surface area contributed by atoms with Crippen molar-refractivity contribution in [1.82, 2.24) is 4.57 Å². The molecule has 9 nitrogen and oxygen atoms in total. The van der Waals surface area contributed by atoms with Crippen molar-refractivity contribution in [2.45, 2.75) is 24.7 Å². The Morgan fingerprint density at radius 3 is 2.51 bits per heavy atom. The van der Waals surface area contributed by atoms with E-state index in [9.17, 15) is 25.0 Å². The topological polar surface area (TPSA) is 112 Å². The van der Waals surface area contributed by atoms with Crippen LogP contribution in [0.1, 0.15) is 24.8 Å². The number of hydrogen-bond acceptors (Lipinski definition) is 6. The van der Waals surface area contributed by atoms with Crippen LogP contribution in [0, 0.1) is 21.4 Å². The van der Waals surface area contributed by atoms with Crippen molar-refractivity contribution in [3.05, 3.63) is 106 Å². The monoisotopic (exact) mass is 491 g/mol. The number of nitrogens with zero attached hydrogens (tertiary/aromatic N) is 5. The molecule has 9 heteroatoms. The first-order chi connectivity index (χ1) is 17.9. The molecule has 3 aliphatic rings. The number of nitro groups is 1. The SMILES string of the molecule is CN1C(=O)[C@]2(C(C#N)=C(n3cccc3)N(c3cccc([N+](=O)[O-])c3)C3=C2C(=O)CCC3)c2ccccc21. The molecule has 182 valence electrons. The highest BCUT2D eigenvalue weighted by Crippen LogP contribution is 2.57. The summed E-state index contributed by atoms with van der Waals surface area (Å²) in [5.74, 6) is -0.189. The van der Waals surface area contributed by atoms with E-state index in [1.54, 1.807) is 65.3 Å². The van der Waals surface area contributed by atoms with Gasteiger partial charge in [0.05, 0.1) is 16.2 Å². The predicted octanol–water partition coefficient (Wildman–Crippen LogP) is 4.53. The average molecular weight is 492 g/mol. The van der Waals surface area contributed by atoms with Gasteiger partial charge in [-0.2, -0.15) is 5.26 Å². The number of Topliss-reactive ketones (excluding diaryl/α,β-unsaturated/α-hetero) is 1. The van der Waals surface area contributed by atoms with Crippen LogP contribution in [0.15, 0.2) is 89.9 Å². The normalized spacial score (nSPS) is 20.9. The number of nitro benzene ring substituents is 1. The minimum atomic E-state index is -1.61. The second kappa shape index (κ2) is 8.03. The van der Waals surface area contributed by atoms with Crippen LogP contribution in [0.3, 0.4) is 0 Å². The molecule has 1 amide bonds. The van der Waals surface area contributed by atoms with Crippen LogP contribution in [0.4, 0.5) is 17.1 Å². The number of likely N-dealkylation sites (N-methyl/N-ethyl adjacent to an activating group) is 1. The number of hydrogen-bond donors (Lipinski definition) is 0. The number of benzene rings is 2. The lowest BCUT2D eigenvalue weighted by atomic mass is 9.63. The molecule has 2 aromatic carbocycles. The van der Waals surface area contributed by atoms with Crippen molar-refractivity contribution in [2.24, 2.45) is 0 Å². The molecule has 2 aliphatic heterocycles. The standard InChI is InChI=1S/C28H21N5O4/c1-30-22-11-3-2-10-20(22)28(27(30)35)21(17-29)26(31-14-4-5-15-31)32(23-12-7-13-24(34)25(23)28)18-8-6-9-19(16-18)33(36)37/h2-6,8-11,14-16H,7,12-13H2,1H3/t28-/m0/s1. The first-order valence-corrected chi connectivity index (χ1v) is 11.9. The van der Waals surface area contributed by atoms with Gasteiger partial charge in [-0.25, -0.2) is 0 Å². The fourth-order valence-electron chi connectivity index (χ4n) is 5.93. The van der Waals surface area contributed by atoms with Crippen molar-refractivity contribution >= 4 is 34.6 Å². The molecule has 0 bridgehead atoms. The van der Waals surface area contributed by atoms with Crippen LogP contribution in [-0.4, -0.2) is 28.2 Å². The minimum Gasteiger partial charge on any atom is -0.314 e. The van der Waals surface area contributed by atoms with Crippen molar-refractivity contribution in [3.63, 3.8) is 0 Å². The predicted molar refractivity (Wildman–Crippen MR) is 136 cm³/mol. The Morgan fingerprint density at radius 1 is 1.03 bits per heavy atom. The Bertz CT molecular complexity index is 1610. The molecule has 0 radical (unpaired) electrons. The number of carbonyl (C=O) groups excluding carboxylic acids is 2. The van der Waals surface area contributed by atoms with Gasteiger partial charge in [0.2, 0.25) is 5.91 Å². The van der Waals surface area contributed by atoms with Crippen LogP contribution in [0.25, 0.3) is 5.82 Å². The van der Waals surface area contributed by atoms with Gasteiger partial charge in [-0.15, -0.1) is 0 Å².